The Balaban J connectivity index is 2.15. The highest BCUT2D eigenvalue weighted by atomic mass is 35.5. The quantitative estimate of drug-likeness (QED) is 0.905. The number of carbonyl (C=O) groups excluding carboxylic acids is 1. The van der Waals surface area contributed by atoms with Crippen molar-refractivity contribution in [1.82, 2.24) is 5.32 Å². The van der Waals surface area contributed by atoms with Gasteiger partial charge in [0.1, 0.15) is 0 Å². The van der Waals surface area contributed by atoms with Crippen molar-refractivity contribution in [3.8, 4) is 10.4 Å². The van der Waals surface area contributed by atoms with Gasteiger partial charge in [-0.05, 0) is 29.8 Å². The van der Waals surface area contributed by atoms with Crippen LogP contribution < -0.4 is 11.1 Å². The van der Waals surface area contributed by atoms with Gasteiger partial charge in [-0.15, -0.1) is 11.3 Å². The number of benzene rings is 1. The fraction of sp³-hybridized carbons (Fsp3) is 0.154. The molecule has 0 saturated carbocycles. The molecule has 0 unspecified atom stereocenters. The summed E-state index contributed by atoms with van der Waals surface area (Å²) in [5, 5.41) is 3.45. The smallest absolute Gasteiger partial charge is 0.261 e. The zero-order chi connectivity index (χ0) is 13.0. The summed E-state index contributed by atoms with van der Waals surface area (Å²) in [5.74, 6) is -0.0781. The van der Waals surface area contributed by atoms with Crippen LogP contribution in [0.2, 0.25) is 5.02 Å². The molecule has 94 valence electrons. The van der Waals surface area contributed by atoms with Crippen molar-refractivity contribution in [3.63, 3.8) is 0 Å². The van der Waals surface area contributed by atoms with E-state index in [0.29, 0.717) is 23.0 Å². The lowest BCUT2D eigenvalue weighted by Crippen LogP contribution is -2.28. The first-order chi connectivity index (χ1) is 8.70. The summed E-state index contributed by atoms with van der Waals surface area (Å²) in [6, 6.07) is 11.3. The Morgan fingerprint density at radius 1 is 1.22 bits per heavy atom. The lowest BCUT2D eigenvalue weighted by Gasteiger charge is -2.00. The van der Waals surface area contributed by atoms with E-state index in [-0.39, 0.29) is 5.91 Å². The van der Waals surface area contributed by atoms with Gasteiger partial charge in [-0.1, -0.05) is 23.7 Å². The number of halogens is 1. The topological polar surface area (TPSA) is 55.1 Å². The zero-order valence-corrected chi connectivity index (χ0v) is 11.2. The Kier molecular flexibility index (Phi) is 4.36. The molecule has 1 heterocycles. The third-order valence-corrected chi connectivity index (χ3v) is 3.77. The van der Waals surface area contributed by atoms with Crippen LogP contribution in [-0.2, 0) is 0 Å². The van der Waals surface area contributed by atoms with Crippen LogP contribution in [0.3, 0.4) is 0 Å². The van der Waals surface area contributed by atoms with Gasteiger partial charge in [0.2, 0.25) is 0 Å². The highest BCUT2D eigenvalue weighted by Gasteiger charge is 2.09. The van der Waals surface area contributed by atoms with Crippen LogP contribution >= 0.6 is 22.9 Å². The normalized spacial score (nSPS) is 10.3. The summed E-state index contributed by atoms with van der Waals surface area (Å²) < 4.78 is 0. The van der Waals surface area contributed by atoms with E-state index in [1.807, 2.05) is 36.4 Å². The van der Waals surface area contributed by atoms with E-state index in [0.717, 1.165) is 10.4 Å². The molecule has 0 aliphatic heterocycles. The van der Waals surface area contributed by atoms with Crippen molar-refractivity contribution < 1.29 is 4.79 Å². The van der Waals surface area contributed by atoms with Crippen molar-refractivity contribution in [3.05, 3.63) is 46.3 Å². The van der Waals surface area contributed by atoms with E-state index < -0.39 is 0 Å². The maximum atomic E-state index is 11.7. The van der Waals surface area contributed by atoms with Crippen molar-refractivity contribution in [2.75, 3.05) is 13.1 Å². The standard InChI is InChI=1S/C13H13ClN2OS/c14-10-3-1-9(2-4-10)11-5-6-12(18-11)13(17)16-8-7-15/h1-6H,7-8,15H2,(H,16,17). The molecule has 2 rings (SSSR count). The van der Waals surface area contributed by atoms with Crippen LogP contribution in [0, 0.1) is 0 Å². The molecule has 1 aromatic heterocycles. The maximum Gasteiger partial charge on any atom is 0.261 e. The molecular formula is C13H13ClN2OS. The number of nitrogens with two attached hydrogens (primary N) is 1. The Labute approximate surface area is 115 Å². The predicted octanol–water partition coefficient (Wildman–Crippen LogP) is 2.76. The number of thiophene rings is 1. The first-order valence-corrected chi connectivity index (χ1v) is 6.74. The van der Waals surface area contributed by atoms with Crippen molar-refractivity contribution in [1.29, 1.82) is 0 Å². The monoisotopic (exact) mass is 280 g/mol. The van der Waals surface area contributed by atoms with E-state index in [1.165, 1.54) is 11.3 Å². The average molecular weight is 281 g/mol. The SMILES string of the molecule is NCCNC(=O)c1ccc(-c2ccc(Cl)cc2)s1. The van der Waals surface area contributed by atoms with Gasteiger partial charge < -0.3 is 11.1 Å². The third-order valence-electron chi connectivity index (χ3n) is 2.39. The highest BCUT2D eigenvalue weighted by Crippen LogP contribution is 2.28. The molecular weight excluding hydrogens is 268 g/mol. The Bertz CT molecular complexity index is 536. The second-order valence-corrected chi connectivity index (χ2v) is 5.24. The summed E-state index contributed by atoms with van der Waals surface area (Å²) in [6.45, 7) is 0.939. The summed E-state index contributed by atoms with van der Waals surface area (Å²) in [6.07, 6.45) is 0. The van der Waals surface area contributed by atoms with Gasteiger partial charge in [-0.3, -0.25) is 4.79 Å². The number of rotatable bonds is 4. The predicted molar refractivity (Wildman–Crippen MR) is 76.2 cm³/mol. The fourth-order valence-corrected chi connectivity index (χ4v) is 2.56. The number of hydrogen-bond donors (Lipinski definition) is 2. The number of nitrogens with one attached hydrogen (secondary N) is 1. The van der Waals surface area contributed by atoms with Crippen LogP contribution in [0.25, 0.3) is 10.4 Å². The lowest BCUT2D eigenvalue weighted by molar-refractivity contribution is 0.0959. The molecule has 3 nitrogen and oxygen atoms in total. The molecule has 0 atom stereocenters. The first kappa shape index (κ1) is 13.1. The van der Waals surface area contributed by atoms with Gasteiger partial charge in [0.15, 0.2) is 0 Å². The van der Waals surface area contributed by atoms with Crippen LogP contribution in [0.15, 0.2) is 36.4 Å². The molecule has 1 aromatic carbocycles. The van der Waals surface area contributed by atoms with Gasteiger partial charge in [-0.25, -0.2) is 0 Å². The number of hydrogen-bond acceptors (Lipinski definition) is 3. The summed E-state index contributed by atoms with van der Waals surface area (Å²) >= 11 is 7.29. The minimum Gasteiger partial charge on any atom is -0.350 e. The molecule has 0 aliphatic rings. The highest BCUT2D eigenvalue weighted by molar-refractivity contribution is 7.17. The van der Waals surface area contributed by atoms with Crippen LogP contribution in [0.1, 0.15) is 9.67 Å². The average Bonchev–Trinajstić information content (AvgIpc) is 2.86. The molecule has 0 bridgehead atoms. The van der Waals surface area contributed by atoms with Crippen molar-refractivity contribution in [2.24, 2.45) is 5.73 Å². The van der Waals surface area contributed by atoms with E-state index in [9.17, 15) is 4.79 Å². The van der Waals surface area contributed by atoms with Crippen LogP contribution in [0.4, 0.5) is 0 Å². The van der Waals surface area contributed by atoms with Crippen LogP contribution in [-0.4, -0.2) is 19.0 Å². The molecule has 0 aliphatic carbocycles. The van der Waals surface area contributed by atoms with E-state index in [4.69, 9.17) is 17.3 Å². The Hall–Kier alpha value is -1.36. The third kappa shape index (κ3) is 3.10. The number of amides is 1. The second-order valence-electron chi connectivity index (χ2n) is 3.72. The molecule has 1 amide bonds. The van der Waals surface area contributed by atoms with Crippen LogP contribution in [0.5, 0.6) is 0 Å². The molecule has 18 heavy (non-hydrogen) atoms. The minimum absolute atomic E-state index is 0.0781. The summed E-state index contributed by atoms with van der Waals surface area (Å²) in [5.41, 5.74) is 6.40. The minimum atomic E-state index is -0.0781. The molecule has 0 saturated heterocycles. The summed E-state index contributed by atoms with van der Waals surface area (Å²) in [4.78, 5) is 13.5. The van der Waals surface area contributed by atoms with E-state index in [1.54, 1.807) is 0 Å². The van der Waals surface area contributed by atoms with Gasteiger partial charge in [0, 0.05) is 23.0 Å². The zero-order valence-electron chi connectivity index (χ0n) is 9.65. The molecule has 3 N–H and O–H groups in total. The lowest BCUT2D eigenvalue weighted by atomic mass is 10.2. The fourth-order valence-electron chi connectivity index (χ4n) is 1.50. The van der Waals surface area contributed by atoms with E-state index in [2.05, 4.69) is 5.32 Å². The van der Waals surface area contributed by atoms with Gasteiger partial charge in [0.05, 0.1) is 4.88 Å². The summed E-state index contributed by atoms with van der Waals surface area (Å²) in [7, 11) is 0. The second kappa shape index (κ2) is 6.00. The Morgan fingerprint density at radius 3 is 2.61 bits per heavy atom. The Morgan fingerprint density at radius 2 is 1.94 bits per heavy atom. The largest absolute Gasteiger partial charge is 0.350 e. The van der Waals surface area contributed by atoms with Crippen molar-refractivity contribution in [2.45, 2.75) is 0 Å². The molecule has 0 fully saturated rings. The van der Waals surface area contributed by atoms with Crippen molar-refractivity contribution >= 4 is 28.8 Å². The van der Waals surface area contributed by atoms with Gasteiger partial charge >= 0.3 is 0 Å². The van der Waals surface area contributed by atoms with Gasteiger partial charge in [-0.2, -0.15) is 0 Å². The van der Waals surface area contributed by atoms with Gasteiger partial charge in [0.25, 0.3) is 5.91 Å². The molecule has 2 aromatic rings. The number of carbonyl (C=O) groups is 1. The first-order valence-electron chi connectivity index (χ1n) is 5.55. The molecule has 5 heteroatoms. The molecule has 0 radical (unpaired) electrons. The molecule has 0 spiro atoms. The van der Waals surface area contributed by atoms with E-state index >= 15 is 0 Å². The maximum absolute atomic E-state index is 11.7.